The molecule has 1 aromatic carbocycles. The second kappa shape index (κ2) is 8.02. The van der Waals surface area contributed by atoms with Gasteiger partial charge in [-0.2, -0.15) is 0 Å². The lowest BCUT2D eigenvalue weighted by molar-refractivity contribution is -0.144. The maximum Gasteiger partial charge on any atom is 0.230 e. The van der Waals surface area contributed by atoms with Crippen molar-refractivity contribution in [2.24, 2.45) is 11.1 Å². The van der Waals surface area contributed by atoms with Gasteiger partial charge in [0, 0.05) is 32.5 Å². The lowest BCUT2D eigenvalue weighted by Gasteiger charge is -2.39. The first-order valence-corrected chi connectivity index (χ1v) is 9.19. The molecule has 0 aromatic heterocycles. The quantitative estimate of drug-likeness (QED) is 0.868. The molecule has 1 heterocycles. The number of benzene rings is 1. The molecule has 1 aliphatic rings. The van der Waals surface area contributed by atoms with Crippen molar-refractivity contribution >= 4 is 5.91 Å². The van der Waals surface area contributed by atoms with Gasteiger partial charge >= 0.3 is 0 Å². The second-order valence-corrected chi connectivity index (χ2v) is 7.07. The van der Waals surface area contributed by atoms with Crippen LogP contribution < -0.4 is 10.5 Å². The molecule has 0 bridgehead atoms. The number of aryl methyl sites for hydroxylation is 2. The molecule has 1 amide bonds. The Bertz CT molecular complexity index is 550. The molecule has 0 spiro atoms. The molecule has 0 saturated carbocycles. The molecule has 4 nitrogen and oxygen atoms in total. The van der Waals surface area contributed by atoms with E-state index in [1.54, 1.807) is 0 Å². The first-order chi connectivity index (χ1) is 11.5. The summed E-state index contributed by atoms with van der Waals surface area (Å²) in [6.07, 6.45) is 3.56. The van der Waals surface area contributed by atoms with Gasteiger partial charge < -0.3 is 15.4 Å². The standard InChI is InChI=1S/C20H32N2O2/c1-5-20(6-2,14-21)19(23)22-11-9-17(10-12-22)24-18-13-15(3)7-8-16(18)4/h7-8,13,17H,5-6,9-12,14,21H2,1-4H3. The van der Waals surface area contributed by atoms with E-state index < -0.39 is 0 Å². The van der Waals surface area contributed by atoms with E-state index in [9.17, 15) is 4.79 Å². The summed E-state index contributed by atoms with van der Waals surface area (Å²) in [6.45, 7) is 10.2. The number of nitrogens with zero attached hydrogens (tertiary/aromatic N) is 1. The highest BCUT2D eigenvalue weighted by atomic mass is 16.5. The van der Waals surface area contributed by atoms with Crippen LogP contribution in [-0.4, -0.2) is 36.5 Å². The predicted octanol–water partition coefficient (Wildman–Crippen LogP) is 3.44. The van der Waals surface area contributed by atoms with E-state index in [-0.39, 0.29) is 17.4 Å². The van der Waals surface area contributed by atoms with Gasteiger partial charge in [0.25, 0.3) is 0 Å². The molecule has 24 heavy (non-hydrogen) atoms. The van der Waals surface area contributed by atoms with Gasteiger partial charge in [-0.15, -0.1) is 0 Å². The fourth-order valence-corrected chi connectivity index (χ4v) is 3.45. The lowest BCUT2D eigenvalue weighted by Crippen LogP contribution is -2.51. The molecule has 1 saturated heterocycles. The van der Waals surface area contributed by atoms with Crippen LogP contribution in [0.2, 0.25) is 0 Å². The minimum atomic E-state index is -0.388. The van der Waals surface area contributed by atoms with Crippen molar-refractivity contribution in [1.82, 2.24) is 4.90 Å². The Kier molecular flexibility index (Phi) is 6.27. The first-order valence-electron chi connectivity index (χ1n) is 9.19. The summed E-state index contributed by atoms with van der Waals surface area (Å²) in [5.74, 6) is 1.19. The number of ether oxygens (including phenoxy) is 1. The molecule has 2 rings (SSSR count). The van der Waals surface area contributed by atoms with Gasteiger partial charge in [-0.3, -0.25) is 4.79 Å². The summed E-state index contributed by atoms with van der Waals surface area (Å²) in [6, 6.07) is 6.30. The van der Waals surface area contributed by atoms with Crippen molar-refractivity contribution in [2.75, 3.05) is 19.6 Å². The molecule has 2 N–H and O–H groups in total. The fraction of sp³-hybridized carbons (Fsp3) is 0.650. The van der Waals surface area contributed by atoms with Crippen molar-refractivity contribution in [3.05, 3.63) is 29.3 Å². The van der Waals surface area contributed by atoms with Crippen LogP contribution >= 0.6 is 0 Å². The summed E-state index contributed by atoms with van der Waals surface area (Å²) in [4.78, 5) is 14.9. The molecular formula is C20H32N2O2. The highest BCUT2D eigenvalue weighted by Crippen LogP contribution is 2.30. The molecule has 1 aliphatic heterocycles. The van der Waals surface area contributed by atoms with E-state index in [0.29, 0.717) is 6.54 Å². The normalized spacial score (nSPS) is 16.3. The number of likely N-dealkylation sites (tertiary alicyclic amines) is 1. The highest BCUT2D eigenvalue weighted by Gasteiger charge is 2.38. The van der Waals surface area contributed by atoms with Crippen LogP contribution in [0.15, 0.2) is 18.2 Å². The first kappa shape index (κ1) is 18.8. The average Bonchev–Trinajstić information content (AvgIpc) is 2.61. The molecule has 0 unspecified atom stereocenters. The molecule has 4 heteroatoms. The van der Waals surface area contributed by atoms with E-state index in [1.807, 2.05) is 4.90 Å². The third-order valence-electron chi connectivity index (χ3n) is 5.56. The van der Waals surface area contributed by atoms with Crippen molar-refractivity contribution < 1.29 is 9.53 Å². The van der Waals surface area contributed by atoms with Gasteiger partial charge in [0.15, 0.2) is 0 Å². The van der Waals surface area contributed by atoms with Gasteiger partial charge in [-0.25, -0.2) is 0 Å². The maximum absolute atomic E-state index is 12.9. The zero-order valence-corrected chi connectivity index (χ0v) is 15.6. The second-order valence-electron chi connectivity index (χ2n) is 7.07. The van der Waals surface area contributed by atoms with Crippen molar-refractivity contribution in [2.45, 2.75) is 59.5 Å². The third kappa shape index (κ3) is 3.92. The van der Waals surface area contributed by atoms with E-state index in [1.165, 1.54) is 11.1 Å². The number of hydrogen-bond donors (Lipinski definition) is 1. The van der Waals surface area contributed by atoms with Crippen LogP contribution in [0.5, 0.6) is 5.75 Å². The maximum atomic E-state index is 12.9. The topological polar surface area (TPSA) is 55.6 Å². The van der Waals surface area contributed by atoms with Crippen LogP contribution in [0, 0.1) is 19.3 Å². The van der Waals surface area contributed by atoms with E-state index in [2.05, 4.69) is 45.9 Å². The summed E-state index contributed by atoms with van der Waals surface area (Å²) in [5, 5.41) is 0. The number of piperidine rings is 1. The van der Waals surface area contributed by atoms with Crippen LogP contribution in [0.4, 0.5) is 0 Å². The number of nitrogens with two attached hydrogens (primary N) is 1. The Morgan fingerprint density at radius 1 is 1.25 bits per heavy atom. The molecule has 134 valence electrons. The largest absolute Gasteiger partial charge is 0.490 e. The Hall–Kier alpha value is -1.55. The van der Waals surface area contributed by atoms with Gasteiger partial charge in [0.2, 0.25) is 5.91 Å². The molecule has 1 fully saturated rings. The van der Waals surface area contributed by atoms with Gasteiger partial charge in [0.05, 0.1) is 5.41 Å². The average molecular weight is 332 g/mol. The van der Waals surface area contributed by atoms with Crippen LogP contribution in [0.25, 0.3) is 0 Å². The van der Waals surface area contributed by atoms with E-state index in [0.717, 1.165) is 44.5 Å². The smallest absolute Gasteiger partial charge is 0.230 e. The molecule has 0 aliphatic carbocycles. The lowest BCUT2D eigenvalue weighted by atomic mass is 9.80. The summed E-state index contributed by atoms with van der Waals surface area (Å²) < 4.78 is 6.20. The van der Waals surface area contributed by atoms with E-state index in [4.69, 9.17) is 10.5 Å². The van der Waals surface area contributed by atoms with Crippen LogP contribution in [0.3, 0.4) is 0 Å². The number of amides is 1. The van der Waals surface area contributed by atoms with Gasteiger partial charge in [-0.05, 0) is 43.9 Å². The molecule has 1 aromatic rings. The van der Waals surface area contributed by atoms with E-state index >= 15 is 0 Å². The zero-order chi connectivity index (χ0) is 17.7. The van der Waals surface area contributed by atoms with Crippen molar-refractivity contribution in [3.8, 4) is 5.75 Å². The Morgan fingerprint density at radius 2 is 1.88 bits per heavy atom. The Balaban J connectivity index is 1.96. The predicted molar refractivity (Wildman–Crippen MR) is 98.2 cm³/mol. The van der Waals surface area contributed by atoms with Crippen molar-refractivity contribution in [3.63, 3.8) is 0 Å². The third-order valence-corrected chi connectivity index (χ3v) is 5.56. The minimum Gasteiger partial charge on any atom is -0.490 e. The molecular weight excluding hydrogens is 300 g/mol. The van der Waals surface area contributed by atoms with Crippen molar-refractivity contribution in [1.29, 1.82) is 0 Å². The number of carbonyl (C=O) groups excluding carboxylic acids is 1. The summed E-state index contributed by atoms with van der Waals surface area (Å²) >= 11 is 0. The van der Waals surface area contributed by atoms with Crippen LogP contribution in [-0.2, 0) is 4.79 Å². The summed E-state index contributed by atoms with van der Waals surface area (Å²) in [5.41, 5.74) is 7.91. The SMILES string of the molecule is CCC(CC)(CN)C(=O)N1CCC(Oc2cc(C)ccc2C)CC1. The molecule has 0 atom stereocenters. The Morgan fingerprint density at radius 3 is 2.42 bits per heavy atom. The monoisotopic (exact) mass is 332 g/mol. The fourth-order valence-electron chi connectivity index (χ4n) is 3.45. The summed E-state index contributed by atoms with van der Waals surface area (Å²) in [7, 11) is 0. The number of carbonyl (C=O) groups is 1. The zero-order valence-electron chi connectivity index (χ0n) is 15.6. The highest BCUT2D eigenvalue weighted by molar-refractivity contribution is 5.83. The Labute approximate surface area is 146 Å². The van der Waals surface area contributed by atoms with Crippen LogP contribution in [0.1, 0.15) is 50.7 Å². The van der Waals surface area contributed by atoms with Gasteiger partial charge in [-0.1, -0.05) is 26.0 Å². The molecule has 0 radical (unpaired) electrons. The van der Waals surface area contributed by atoms with Gasteiger partial charge in [0.1, 0.15) is 11.9 Å². The number of hydrogen-bond acceptors (Lipinski definition) is 3. The number of rotatable bonds is 6. The minimum absolute atomic E-state index is 0.185.